The minimum atomic E-state index is -0.752. The van der Waals surface area contributed by atoms with E-state index in [-0.39, 0.29) is 0 Å². The van der Waals surface area contributed by atoms with Gasteiger partial charge in [0.1, 0.15) is 0 Å². The minimum Gasteiger partial charge on any atom is -0.427 e. The van der Waals surface area contributed by atoms with Crippen LogP contribution in [0.4, 0.5) is 0 Å². The molecule has 0 aromatic heterocycles. The Balaban J connectivity index is 1.80. The minimum absolute atomic E-state index is 0.439. The van der Waals surface area contributed by atoms with Crippen molar-refractivity contribution in [2.75, 3.05) is 0 Å². The van der Waals surface area contributed by atoms with E-state index in [1.807, 2.05) is 60.7 Å². The molecular formula is C14H15BO2. The summed E-state index contributed by atoms with van der Waals surface area (Å²) in [5.74, 6) is 0. The predicted molar refractivity (Wildman–Crippen MR) is 69.3 cm³/mol. The average molecular weight is 226 g/mol. The maximum Gasteiger partial charge on any atom is 0.459 e. The molecule has 0 fully saturated rings. The molecular weight excluding hydrogens is 211 g/mol. The van der Waals surface area contributed by atoms with Crippen LogP contribution >= 0.6 is 0 Å². The van der Waals surface area contributed by atoms with Crippen molar-refractivity contribution < 1.29 is 9.68 Å². The first-order valence-electron chi connectivity index (χ1n) is 5.72. The summed E-state index contributed by atoms with van der Waals surface area (Å²) in [6, 6.07) is 19.7. The van der Waals surface area contributed by atoms with Crippen LogP contribution in [0, 0.1) is 0 Å². The lowest BCUT2D eigenvalue weighted by Crippen LogP contribution is -2.21. The Bertz CT molecular complexity index is 430. The van der Waals surface area contributed by atoms with E-state index in [1.54, 1.807) is 0 Å². The third-order valence-corrected chi connectivity index (χ3v) is 2.54. The fraction of sp³-hybridized carbons (Fsp3) is 0.143. The number of benzene rings is 2. The van der Waals surface area contributed by atoms with Crippen molar-refractivity contribution in [3.63, 3.8) is 0 Å². The fourth-order valence-corrected chi connectivity index (χ4v) is 1.64. The van der Waals surface area contributed by atoms with Crippen LogP contribution < -0.4 is 0 Å². The molecule has 0 amide bonds. The zero-order valence-corrected chi connectivity index (χ0v) is 9.62. The van der Waals surface area contributed by atoms with Gasteiger partial charge in [-0.1, -0.05) is 66.2 Å². The SMILES string of the molecule is OB(Cc1ccccc1)OCc1ccccc1. The van der Waals surface area contributed by atoms with E-state index in [2.05, 4.69) is 0 Å². The lowest BCUT2D eigenvalue weighted by atomic mass is 9.81. The molecule has 3 heteroatoms. The molecule has 2 rings (SSSR count). The van der Waals surface area contributed by atoms with Gasteiger partial charge in [-0.15, -0.1) is 0 Å². The summed E-state index contributed by atoms with van der Waals surface area (Å²) < 4.78 is 5.39. The number of hydrogen-bond donors (Lipinski definition) is 1. The molecule has 2 nitrogen and oxygen atoms in total. The van der Waals surface area contributed by atoms with Crippen LogP contribution in [0.1, 0.15) is 11.1 Å². The van der Waals surface area contributed by atoms with Gasteiger partial charge in [-0.3, -0.25) is 0 Å². The number of rotatable bonds is 5. The lowest BCUT2D eigenvalue weighted by Gasteiger charge is -2.08. The van der Waals surface area contributed by atoms with E-state index in [0.29, 0.717) is 12.9 Å². The Labute approximate surface area is 102 Å². The van der Waals surface area contributed by atoms with Crippen LogP contribution in [0.5, 0.6) is 0 Å². The van der Waals surface area contributed by atoms with Crippen molar-refractivity contribution in [2.45, 2.75) is 12.9 Å². The quantitative estimate of drug-likeness (QED) is 0.793. The topological polar surface area (TPSA) is 29.5 Å². The molecule has 1 N–H and O–H groups in total. The van der Waals surface area contributed by atoms with Crippen molar-refractivity contribution in [1.29, 1.82) is 0 Å². The standard InChI is InChI=1S/C14H15BO2/c16-15(11-13-7-3-1-4-8-13)17-12-14-9-5-2-6-10-14/h1-10,16H,11-12H2. The van der Waals surface area contributed by atoms with E-state index in [1.165, 1.54) is 0 Å². The Morgan fingerprint density at radius 2 is 1.35 bits per heavy atom. The monoisotopic (exact) mass is 226 g/mol. The van der Waals surface area contributed by atoms with Gasteiger partial charge in [0.25, 0.3) is 0 Å². The summed E-state index contributed by atoms with van der Waals surface area (Å²) in [7, 11) is -0.752. The van der Waals surface area contributed by atoms with Crippen molar-refractivity contribution >= 4 is 7.12 Å². The van der Waals surface area contributed by atoms with Crippen LogP contribution in [0.25, 0.3) is 0 Å². The predicted octanol–water partition coefficient (Wildman–Crippen LogP) is 2.47. The zero-order chi connectivity index (χ0) is 11.9. The molecule has 2 aromatic carbocycles. The van der Waals surface area contributed by atoms with Crippen molar-refractivity contribution in [2.24, 2.45) is 0 Å². The highest BCUT2D eigenvalue weighted by Crippen LogP contribution is 2.05. The van der Waals surface area contributed by atoms with Crippen LogP contribution in [0.3, 0.4) is 0 Å². The summed E-state index contributed by atoms with van der Waals surface area (Å²) in [5.41, 5.74) is 2.15. The maximum atomic E-state index is 9.74. The van der Waals surface area contributed by atoms with Gasteiger partial charge >= 0.3 is 7.12 Å². The summed E-state index contributed by atoms with van der Waals surface area (Å²) in [6.45, 7) is 0.439. The fourth-order valence-electron chi connectivity index (χ4n) is 1.64. The third kappa shape index (κ3) is 4.06. The first-order chi connectivity index (χ1) is 8.34. The molecule has 0 radical (unpaired) electrons. The van der Waals surface area contributed by atoms with E-state index >= 15 is 0 Å². The molecule has 0 aliphatic carbocycles. The summed E-state index contributed by atoms with van der Waals surface area (Å²) in [5, 5.41) is 9.74. The summed E-state index contributed by atoms with van der Waals surface area (Å²) >= 11 is 0. The second kappa shape index (κ2) is 6.23. The summed E-state index contributed by atoms with van der Waals surface area (Å²) in [6.07, 6.45) is 0.522. The second-order valence-electron chi connectivity index (χ2n) is 3.94. The normalized spacial score (nSPS) is 10.2. The largest absolute Gasteiger partial charge is 0.459 e. The smallest absolute Gasteiger partial charge is 0.427 e. The molecule has 0 aliphatic rings. The molecule has 86 valence electrons. The molecule has 0 saturated carbocycles. The molecule has 0 heterocycles. The molecule has 0 spiro atoms. The molecule has 2 aromatic rings. The molecule has 0 saturated heterocycles. The molecule has 0 aliphatic heterocycles. The van der Waals surface area contributed by atoms with Crippen molar-refractivity contribution in [3.05, 3.63) is 71.8 Å². The van der Waals surface area contributed by atoms with Gasteiger partial charge in [0.15, 0.2) is 0 Å². The van der Waals surface area contributed by atoms with Gasteiger partial charge in [-0.05, 0) is 5.56 Å². The van der Waals surface area contributed by atoms with Crippen LogP contribution in [0.15, 0.2) is 60.7 Å². The Hall–Kier alpha value is -1.58. The molecule has 0 unspecified atom stereocenters. The van der Waals surface area contributed by atoms with Gasteiger partial charge in [0.05, 0.1) is 6.61 Å². The van der Waals surface area contributed by atoms with Crippen LogP contribution in [-0.2, 0) is 17.6 Å². The average Bonchev–Trinajstić information content (AvgIpc) is 2.39. The Morgan fingerprint density at radius 3 is 1.94 bits per heavy atom. The highest BCUT2D eigenvalue weighted by atomic mass is 16.5. The summed E-state index contributed by atoms with van der Waals surface area (Å²) in [4.78, 5) is 0. The van der Waals surface area contributed by atoms with Gasteiger partial charge in [0.2, 0.25) is 0 Å². The van der Waals surface area contributed by atoms with Crippen LogP contribution in [0.2, 0.25) is 0 Å². The van der Waals surface area contributed by atoms with Gasteiger partial charge in [-0.25, -0.2) is 0 Å². The molecule has 0 atom stereocenters. The lowest BCUT2D eigenvalue weighted by molar-refractivity contribution is 0.247. The van der Waals surface area contributed by atoms with E-state index in [9.17, 15) is 5.02 Å². The third-order valence-electron chi connectivity index (χ3n) is 2.54. The van der Waals surface area contributed by atoms with Gasteiger partial charge in [0, 0.05) is 6.32 Å². The van der Waals surface area contributed by atoms with E-state index in [4.69, 9.17) is 4.65 Å². The first-order valence-corrected chi connectivity index (χ1v) is 5.72. The highest BCUT2D eigenvalue weighted by Gasteiger charge is 2.13. The maximum absolute atomic E-state index is 9.74. The first kappa shape index (κ1) is 11.9. The van der Waals surface area contributed by atoms with Crippen molar-refractivity contribution in [3.8, 4) is 0 Å². The number of hydrogen-bond acceptors (Lipinski definition) is 2. The molecule has 0 bridgehead atoms. The van der Waals surface area contributed by atoms with Gasteiger partial charge in [-0.2, -0.15) is 0 Å². The van der Waals surface area contributed by atoms with E-state index < -0.39 is 7.12 Å². The van der Waals surface area contributed by atoms with Crippen molar-refractivity contribution in [1.82, 2.24) is 0 Å². The Kier molecular flexibility index (Phi) is 4.36. The highest BCUT2D eigenvalue weighted by molar-refractivity contribution is 6.42. The second-order valence-corrected chi connectivity index (χ2v) is 3.94. The Morgan fingerprint density at radius 1 is 0.824 bits per heavy atom. The zero-order valence-electron chi connectivity index (χ0n) is 9.62. The van der Waals surface area contributed by atoms with E-state index in [0.717, 1.165) is 11.1 Å². The van der Waals surface area contributed by atoms with Gasteiger partial charge < -0.3 is 9.68 Å². The van der Waals surface area contributed by atoms with Crippen LogP contribution in [-0.4, -0.2) is 12.1 Å². The molecule has 17 heavy (non-hydrogen) atoms.